The summed E-state index contributed by atoms with van der Waals surface area (Å²) in [7, 11) is 0. The van der Waals surface area contributed by atoms with Crippen molar-refractivity contribution in [2.75, 3.05) is 36.9 Å². The van der Waals surface area contributed by atoms with Crippen molar-refractivity contribution in [2.45, 2.75) is 38.4 Å². The van der Waals surface area contributed by atoms with Crippen molar-refractivity contribution in [3.63, 3.8) is 0 Å². The number of alkyl halides is 3. The van der Waals surface area contributed by atoms with E-state index in [0.717, 1.165) is 18.4 Å². The normalized spacial score (nSPS) is 14.1. The number of carbonyl (C=O) groups excluding carboxylic acids is 2. The predicted molar refractivity (Wildman–Crippen MR) is 150 cm³/mol. The fourth-order valence-electron chi connectivity index (χ4n) is 4.10. The van der Waals surface area contributed by atoms with Gasteiger partial charge < -0.3 is 31.7 Å². The molecule has 4 rings (SSSR count). The number of aromatic nitrogens is 3. The molecule has 0 radical (unpaired) electrons. The molecule has 3 aromatic rings. The molecule has 42 heavy (non-hydrogen) atoms. The van der Waals surface area contributed by atoms with Crippen LogP contribution in [0.3, 0.4) is 0 Å². The van der Waals surface area contributed by atoms with E-state index in [0.29, 0.717) is 24.3 Å². The van der Waals surface area contributed by atoms with Crippen LogP contribution >= 0.6 is 0 Å². The number of anilines is 3. The van der Waals surface area contributed by atoms with Crippen LogP contribution in [0.25, 0.3) is 0 Å². The number of primary amides is 1. The summed E-state index contributed by atoms with van der Waals surface area (Å²) in [6, 6.07) is 15.6. The first-order valence-corrected chi connectivity index (χ1v) is 13.3. The van der Waals surface area contributed by atoms with Gasteiger partial charge >= 0.3 is 12.2 Å². The fourth-order valence-corrected chi connectivity index (χ4v) is 4.10. The van der Waals surface area contributed by atoms with Crippen LogP contribution in [-0.2, 0) is 10.3 Å². The van der Waals surface area contributed by atoms with Crippen molar-refractivity contribution >= 4 is 29.4 Å². The van der Waals surface area contributed by atoms with E-state index in [4.69, 9.17) is 10.5 Å². The Morgan fingerprint density at radius 3 is 2.24 bits per heavy atom. The Kier molecular flexibility index (Phi) is 9.14. The monoisotopic (exact) mass is 586 g/mol. The Morgan fingerprint density at radius 2 is 1.62 bits per heavy atom. The Hall–Kier alpha value is -4.46. The lowest BCUT2D eigenvalue weighted by Gasteiger charge is -2.25. The summed E-state index contributed by atoms with van der Waals surface area (Å²) in [6.07, 6.45) is -2.97. The van der Waals surface area contributed by atoms with Crippen LogP contribution < -0.4 is 31.7 Å². The fraction of sp³-hybridized carbons (Fsp3) is 0.393. The van der Waals surface area contributed by atoms with Crippen molar-refractivity contribution in [3.05, 3.63) is 65.7 Å². The van der Waals surface area contributed by atoms with Gasteiger partial charge in [0.15, 0.2) is 6.61 Å². The first-order valence-electron chi connectivity index (χ1n) is 13.3. The number of rotatable bonds is 14. The highest BCUT2D eigenvalue weighted by atomic mass is 19.4. The zero-order chi connectivity index (χ0) is 30.4. The van der Waals surface area contributed by atoms with Crippen LogP contribution in [0.4, 0.5) is 30.8 Å². The van der Waals surface area contributed by atoms with Gasteiger partial charge in [0.25, 0.3) is 5.91 Å². The van der Waals surface area contributed by atoms with E-state index in [2.05, 4.69) is 36.2 Å². The largest absolute Gasteiger partial charge is 0.454 e. The van der Waals surface area contributed by atoms with E-state index in [9.17, 15) is 22.8 Å². The third-order valence-electron chi connectivity index (χ3n) is 6.44. The van der Waals surface area contributed by atoms with Gasteiger partial charge in [-0.25, -0.2) is 0 Å². The summed E-state index contributed by atoms with van der Waals surface area (Å²) in [5.74, 6) is -0.724. The van der Waals surface area contributed by atoms with Crippen LogP contribution in [0.5, 0.6) is 6.01 Å². The van der Waals surface area contributed by atoms with Crippen molar-refractivity contribution in [2.24, 2.45) is 11.1 Å². The second-order valence-electron chi connectivity index (χ2n) is 10.9. The molecule has 0 atom stereocenters. The average molecular weight is 587 g/mol. The van der Waals surface area contributed by atoms with Crippen LogP contribution in [0.1, 0.15) is 42.6 Å². The van der Waals surface area contributed by atoms with Gasteiger partial charge in [-0.2, -0.15) is 28.1 Å². The predicted octanol–water partition coefficient (Wildman–Crippen LogP) is 3.49. The number of hydrogen-bond acceptors (Lipinski definition) is 9. The Balaban J connectivity index is 1.43. The Labute approximate surface area is 240 Å². The van der Waals surface area contributed by atoms with E-state index >= 15 is 0 Å². The Morgan fingerprint density at radius 1 is 0.952 bits per heavy atom. The lowest BCUT2D eigenvalue weighted by atomic mass is 9.93. The minimum absolute atomic E-state index is 0.0315. The molecule has 6 N–H and O–H groups in total. The van der Waals surface area contributed by atoms with Crippen molar-refractivity contribution in [3.8, 4) is 6.01 Å². The molecule has 1 saturated carbocycles. The number of nitrogens with two attached hydrogens (primary N) is 1. The molecular formula is C28H33F3N8O3. The third-order valence-corrected chi connectivity index (χ3v) is 6.44. The molecule has 0 saturated heterocycles. The van der Waals surface area contributed by atoms with Crippen LogP contribution in [0, 0.1) is 5.41 Å². The maximum atomic E-state index is 12.8. The topological polar surface area (TPSA) is 156 Å². The standard InChI is InChI=1S/C28H33F3N8O3/c1-26(2,15-33-14-21(32)40)16-34-22(41)18-8-10-20(11-9-18)35-23-36-24(38-25(37-23)42-17-28(29,30)31)39-27(12-13-27)19-6-4-3-5-7-19/h3-11,33H,12-17H2,1-2H3,(H2,32,40)(H,34,41)(H2,35,36,37,38,39). The lowest BCUT2D eigenvalue weighted by molar-refractivity contribution is -0.154. The summed E-state index contributed by atoms with van der Waals surface area (Å²) < 4.78 is 43.3. The highest BCUT2D eigenvalue weighted by Gasteiger charge is 2.45. The van der Waals surface area contributed by atoms with Crippen molar-refractivity contribution < 1.29 is 27.5 Å². The highest BCUT2D eigenvalue weighted by Crippen LogP contribution is 2.47. The molecule has 2 aromatic carbocycles. The van der Waals surface area contributed by atoms with Crippen LogP contribution in [0.2, 0.25) is 0 Å². The Bertz CT molecular complexity index is 1380. The zero-order valence-corrected chi connectivity index (χ0v) is 23.2. The molecule has 14 heteroatoms. The van der Waals surface area contributed by atoms with Gasteiger partial charge in [0.1, 0.15) is 0 Å². The van der Waals surface area contributed by atoms with E-state index < -0.39 is 30.2 Å². The van der Waals surface area contributed by atoms with Crippen molar-refractivity contribution in [1.82, 2.24) is 25.6 Å². The molecule has 224 valence electrons. The molecule has 1 aromatic heterocycles. The molecule has 0 spiro atoms. The van der Waals surface area contributed by atoms with Gasteiger partial charge in [-0.1, -0.05) is 44.2 Å². The number of carbonyl (C=O) groups is 2. The minimum atomic E-state index is -4.57. The van der Waals surface area contributed by atoms with Gasteiger partial charge in [-0.15, -0.1) is 0 Å². The number of ether oxygens (including phenoxy) is 1. The number of amides is 2. The second kappa shape index (κ2) is 12.6. The summed E-state index contributed by atoms with van der Waals surface area (Å²) in [4.78, 5) is 36.0. The zero-order valence-electron chi connectivity index (χ0n) is 23.2. The molecule has 1 fully saturated rings. The van der Waals surface area contributed by atoms with Gasteiger partial charge in [-0.05, 0) is 48.1 Å². The molecule has 0 unspecified atom stereocenters. The van der Waals surface area contributed by atoms with Crippen molar-refractivity contribution in [1.29, 1.82) is 0 Å². The molecule has 1 heterocycles. The molecule has 0 aliphatic heterocycles. The number of benzene rings is 2. The van der Waals surface area contributed by atoms with E-state index in [1.54, 1.807) is 24.3 Å². The van der Waals surface area contributed by atoms with Gasteiger partial charge in [-0.3, -0.25) is 9.59 Å². The minimum Gasteiger partial charge on any atom is -0.454 e. The van der Waals surface area contributed by atoms with E-state index in [-0.39, 0.29) is 29.8 Å². The smallest absolute Gasteiger partial charge is 0.422 e. The summed E-state index contributed by atoms with van der Waals surface area (Å²) in [5, 5.41) is 12.0. The first kappa shape index (κ1) is 30.5. The molecule has 1 aliphatic carbocycles. The number of hydrogen-bond donors (Lipinski definition) is 5. The number of nitrogens with one attached hydrogen (secondary N) is 4. The van der Waals surface area contributed by atoms with Gasteiger partial charge in [0.05, 0.1) is 12.1 Å². The van der Waals surface area contributed by atoms with E-state index in [1.165, 1.54) is 0 Å². The maximum Gasteiger partial charge on any atom is 0.422 e. The van der Waals surface area contributed by atoms with E-state index in [1.807, 2.05) is 44.2 Å². The van der Waals surface area contributed by atoms with Crippen LogP contribution in [-0.4, -0.2) is 59.2 Å². The molecule has 0 bridgehead atoms. The first-order chi connectivity index (χ1) is 19.8. The van der Waals surface area contributed by atoms with Crippen LogP contribution in [0.15, 0.2) is 54.6 Å². The highest BCUT2D eigenvalue weighted by molar-refractivity contribution is 5.94. The summed E-state index contributed by atoms with van der Waals surface area (Å²) >= 11 is 0. The molecule has 11 nitrogen and oxygen atoms in total. The van der Waals surface area contributed by atoms with Gasteiger partial charge in [0, 0.05) is 24.3 Å². The second-order valence-corrected chi connectivity index (χ2v) is 10.9. The molecule has 2 amide bonds. The van der Waals surface area contributed by atoms with Gasteiger partial charge in [0.2, 0.25) is 17.8 Å². The SMILES string of the molecule is CC(C)(CNCC(N)=O)CNC(=O)c1ccc(Nc2nc(NC3(c4ccccc4)CC3)nc(OCC(F)(F)F)n2)cc1. The average Bonchev–Trinajstić information content (AvgIpc) is 3.71. The molecular weight excluding hydrogens is 553 g/mol. The lowest BCUT2D eigenvalue weighted by Crippen LogP contribution is -2.42. The molecule has 1 aliphatic rings. The summed E-state index contributed by atoms with van der Waals surface area (Å²) in [5.41, 5.74) is 6.27. The maximum absolute atomic E-state index is 12.8. The third kappa shape index (κ3) is 9.03. The summed E-state index contributed by atoms with van der Waals surface area (Å²) in [6.45, 7) is 3.19. The number of nitrogens with zero attached hydrogens (tertiary/aromatic N) is 3. The quantitative estimate of drug-likeness (QED) is 0.191. The number of halogens is 3.